The van der Waals surface area contributed by atoms with E-state index in [0.717, 1.165) is 19.3 Å². The Morgan fingerprint density at radius 2 is 2.12 bits per heavy atom. The molecule has 16 heavy (non-hydrogen) atoms. The summed E-state index contributed by atoms with van der Waals surface area (Å²) in [5.41, 5.74) is 5.65. The Bertz CT molecular complexity index is 177. The zero-order valence-electron chi connectivity index (χ0n) is 10.3. The summed E-state index contributed by atoms with van der Waals surface area (Å²) in [6.45, 7) is 4.46. The molecule has 96 valence electrons. The van der Waals surface area contributed by atoms with Crippen molar-refractivity contribution < 1.29 is 14.3 Å². The summed E-state index contributed by atoms with van der Waals surface area (Å²) in [6, 6.07) is -0.376. The minimum Gasteiger partial charge on any atom is -0.382 e. The molecule has 1 atom stereocenters. The summed E-state index contributed by atoms with van der Waals surface area (Å²) in [7, 11) is 1.64. The Labute approximate surface area is 97.7 Å². The second kappa shape index (κ2) is 10.9. The lowest BCUT2D eigenvalue weighted by Gasteiger charge is -2.11. The molecule has 0 aliphatic heterocycles. The van der Waals surface area contributed by atoms with Crippen molar-refractivity contribution in [3.63, 3.8) is 0 Å². The third-order valence-corrected chi connectivity index (χ3v) is 2.13. The smallest absolute Gasteiger partial charge is 0.236 e. The average molecular weight is 232 g/mol. The van der Waals surface area contributed by atoms with Gasteiger partial charge in [0.25, 0.3) is 0 Å². The van der Waals surface area contributed by atoms with Gasteiger partial charge in [0.15, 0.2) is 0 Å². The first kappa shape index (κ1) is 15.3. The molecule has 5 nitrogen and oxygen atoms in total. The summed E-state index contributed by atoms with van der Waals surface area (Å²) in [5, 5.41) is 2.78. The van der Waals surface area contributed by atoms with Gasteiger partial charge >= 0.3 is 0 Å². The van der Waals surface area contributed by atoms with Crippen LogP contribution in [0.4, 0.5) is 0 Å². The van der Waals surface area contributed by atoms with Crippen molar-refractivity contribution in [2.45, 2.75) is 32.2 Å². The largest absolute Gasteiger partial charge is 0.382 e. The van der Waals surface area contributed by atoms with Gasteiger partial charge in [0.05, 0.1) is 19.3 Å². The average Bonchev–Trinajstić information content (AvgIpc) is 2.28. The van der Waals surface area contributed by atoms with E-state index in [1.54, 1.807) is 7.11 Å². The van der Waals surface area contributed by atoms with E-state index in [1.165, 1.54) is 0 Å². The summed E-state index contributed by atoms with van der Waals surface area (Å²) in [5.74, 6) is -0.0706. The summed E-state index contributed by atoms with van der Waals surface area (Å²) >= 11 is 0. The van der Waals surface area contributed by atoms with Crippen LogP contribution in [0.15, 0.2) is 0 Å². The summed E-state index contributed by atoms with van der Waals surface area (Å²) in [4.78, 5) is 11.4. The Kier molecular flexibility index (Phi) is 10.4. The van der Waals surface area contributed by atoms with Crippen molar-refractivity contribution in [1.82, 2.24) is 5.32 Å². The van der Waals surface area contributed by atoms with Crippen LogP contribution < -0.4 is 11.1 Å². The monoisotopic (exact) mass is 232 g/mol. The zero-order valence-corrected chi connectivity index (χ0v) is 10.3. The topological polar surface area (TPSA) is 73.6 Å². The number of methoxy groups -OCH3 is 1. The molecule has 0 aliphatic carbocycles. The lowest BCUT2D eigenvalue weighted by molar-refractivity contribution is -0.122. The Morgan fingerprint density at radius 3 is 2.75 bits per heavy atom. The Hall–Kier alpha value is -0.650. The second-order valence-electron chi connectivity index (χ2n) is 3.64. The van der Waals surface area contributed by atoms with Gasteiger partial charge in [-0.3, -0.25) is 4.79 Å². The van der Waals surface area contributed by atoms with Crippen molar-refractivity contribution in [1.29, 1.82) is 0 Å². The molecule has 0 radical (unpaired) electrons. The number of hydrogen-bond acceptors (Lipinski definition) is 4. The van der Waals surface area contributed by atoms with Crippen molar-refractivity contribution in [3.05, 3.63) is 0 Å². The van der Waals surface area contributed by atoms with Gasteiger partial charge < -0.3 is 20.5 Å². The van der Waals surface area contributed by atoms with Gasteiger partial charge in [-0.25, -0.2) is 0 Å². The Morgan fingerprint density at radius 1 is 1.38 bits per heavy atom. The van der Waals surface area contributed by atoms with Crippen molar-refractivity contribution in [2.75, 3.05) is 33.5 Å². The maximum atomic E-state index is 11.4. The number of carbonyl (C=O) groups is 1. The molecular weight excluding hydrogens is 208 g/mol. The fraction of sp³-hybridized carbons (Fsp3) is 0.909. The molecule has 0 aromatic rings. The third kappa shape index (κ3) is 8.64. The van der Waals surface area contributed by atoms with Crippen molar-refractivity contribution in [3.8, 4) is 0 Å². The zero-order chi connectivity index (χ0) is 12.2. The molecule has 0 aromatic carbocycles. The van der Waals surface area contributed by atoms with Gasteiger partial charge in [0, 0.05) is 20.3 Å². The fourth-order valence-corrected chi connectivity index (χ4v) is 1.20. The highest BCUT2D eigenvalue weighted by atomic mass is 16.5. The molecule has 5 heteroatoms. The molecule has 0 unspecified atom stereocenters. The van der Waals surface area contributed by atoms with Gasteiger partial charge in [-0.2, -0.15) is 0 Å². The van der Waals surface area contributed by atoms with E-state index in [4.69, 9.17) is 15.2 Å². The van der Waals surface area contributed by atoms with Crippen LogP contribution in [-0.2, 0) is 14.3 Å². The molecule has 0 saturated carbocycles. The van der Waals surface area contributed by atoms with Gasteiger partial charge in [-0.05, 0) is 12.8 Å². The predicted molar refractivity (Wildman–Crippen MR) is 63.2 cm³/mol. The van der Waals surface area contributed by atoms with E-state index < -0.39 is 0 Å². The minimum absolute atomic E-state index is 0.0706. The molecule has 0 rings (SSSR count). The number of amides is 1. The highest BCUT2D eigenvalue weighted by molar-refractivity contribution is 5.81. The van der Waals surface area contributed by atoms with Crippen LogP contribution >= 0.6 is 0 Å². The first-order chi connectivity index (χ1) is 7.72. The Balaban J connectivity index is 3.27. The molecule has 0 saturated heterocycles. The van der Waals surface area contributed by atoms with Gasteiger partial charge in [-0.1, -0.05) is 13.3 Å². The molecule has 0 bridgehead atoms. The second-order valence-corrected chi connectivity index (χ2v) is 3.64. The van der Waals surface area contributed by atoms with E-state index in [9.17, 15) is 4.79 Å². The van der Waals surface area contributed by atoms with Crippen LogP contribution in [0.25, 0.3) is 0 Å². The third-order valence-electron chi connectivity index (χ3n) is 2.13. The highest BCUT2D eigenvalue weighted by Gasteiger charge is 2.10. The van der Waals surface area contributed by atoms with Crippen LogP contribution in [0, 0.1) is 0 Å². The predicted octanol–water partition coefficient (Wildman–Crippen LogP) is 0.283. The highest BCUT2D eigenvalue weighted by Crippen LogP contribution is 1.92. The maximum absolute atomic E-state index is 11.4. The number of nitrogens with one attached hydrogen (secondary N) is 1. The molecule has 1 amide bonds. The SMILES string of the molecule is CCC[C@@H](N)C(=O)NCCCOCCOC. The number of carbonyl (C=O) groups excluding carboxylic acids is 1. The quantitative estimate of drug-likeness (QED) is 0.531. The van der Waals surface area contributed by atoms with Crippen LogP contribution in [0.5, 0.6) is 0 Å². The standard InChI is InChI=1S/C11H24N2O3/c1-3-5-10(12)11(14)13-6-4-7-16-9-8-15-2/h10H,3-9,12H2,1-2H3,(H,13,14)/t10-/m1/s1. The maximum Gasteiger partial charge on any atom is 0.236 e. The molecule has 3 N–H and O–H groups in total. The fourth-order valence-electron chi connectivity index (χ4n) is 1.20. The van der Waals surface area contributed by atoms with Crippen molar-refractivity contribution in [2.24, 2.45) is 5.73 Å². The van der Waals surface area contributed by atoms with E-state index in [-0.39, 0.29) is 11.9 Å². The number of rotatable bonds is 10. The minimum atomic E-state index is -0.376. The number of nitrogens with two attached hydrogens (primary N) is 1. The molecule has 0 fully saturated rings. The van der Waals surface area contributed by atoms with E-state index in [2.05, 4.69) is 5.32 Å². The molecule has 0 spiro atoms. The summed E-state index contributed by atoms with van der Waals surface area (Å²) in [6.07, 6.45) is 2.46. The number of ether oxygens (including phenoxy) is 2. The first-order valence-electron chi connectivity index (χ1n) is 5.82. The normalized spacial score (nSPS) is 12.4. The van der Waals surface area contributed by atoms with Crippen molar-refractivity contribution >= 4 is 5.91 Å². The molecule has 0 aromatic heterocycles. The van der Waals surface area contributed by atoms with Gasteiger partial charge in [0.2, 0.25) is 5.91 Å². The lowest BCUT2D eigenvalue weighted by Crippen LogP contribution is -2.40. The van der Waals surface area contributed by atoms with E-state index in [0.29, 0.717) is 26.4 Å². The van der Waals surface area contributed by atoms with Crippen LogP contribution in [0.2, 0.25) is 0 Å². The van der Waals surface area contributed by atoms with Gasteiger partial charge in [0.1, 0.15) is 0 Å². The van der Waals surface area contributed by atoms with E-state index >= 15 is 0 Å². The van der Waals surface area contributed by atoms with Crippen LogP contribution in [-0.4, -0.2) is 45.4 Å². The van der Waals surface area contributed by atoms with E-state index in [1.807, 2.05) is 6.92 Å². The number of hydrogen-bond donors (Lipinski definition) is 2. The van der Waals surface area contributed by atoms with Crippen LogP contribution in [0.3, 0.4) is 0 Å². The molecular formula is C11H24N2O3. The molecule has 0 heterocycles. The first-order valence-corrected chi connectivity index (χ1v) is 5.82. The van der Waals surface area contributed by atoms with Gasteiger partial charge in [-0.15, -0.1) is 0 Å². The summed E-state index contributed by atoms with van der Waals surface area (Å²) < 4.78 is 10.1. The lowest BCUT2D eigenvalue weighted by atomic mass is 10.2. The molecule has 0 aliphatic rings. The van der Waals surface area contributed by atoms with Crippen LogP contribution in [0.1, 0.15) is 26.2 Å².